The van der Waals surface area contributed by atoms with Crippen LogP contribution in [0, 0.1) is 5.92 Å². The molecule has 2 aliphatic rings. The van der Waals surface area contributed by atoms with Gasteiger partial charge in [-0.2, -0.15) is 0 Å². The molecule has 2 saturated heterocycles. The molecule has 2 rings (SSSR count). The van der Waals surface area contributed by atoms with Crippen LogP contribution in [-0.2, 0) is 4.74 Å². The Hall–Kier alpha value is -0.160. The lowest BCUT2D eigenvalue weighted by Gasteiger charge is -2.46. The largest absolute Gasteiger partial charge is 0.379 e. The smallest absolute Gasteiger partial charge is 0.0594 e. The highest BCUT2D eigenvalue weighted by molar-refractivity contribution is 4.90. The van der Waals surface area contributed by atoms with E-state index in [1.54, 1.807) is 0 Å². The Kier molecular flexibility index (Phi) is 5.63. The molecule has 1 unspecified atom stereocenters. The van der Waals surface area contributed by atoms with Gasteiger partial charge >= 0.3 is 0 Å². The highest BCUT2D eigenvalue weighted by Gasteiger charge is 2.34. The minimum Gasteiger partial charge on any atom is -0.379 e. The molecule has 0 aromatic rings. The number of hydrogen-bond donors (Lipinski definition) is 1. The van der Waals surface area contributed by atoms with Crippen molar-refractivity contribution in [3.63, 3.8) is 0 Å². The van der Waals surface area contributed by atoms with Gasteiger partial charge in [0.25, 0.3) is 0 Å². The SMILES string of the molecule is CNCC1CCN(CCN2CCOCC2)C(C)(C)C1. The van der Waals surface area contributed by atoms with Crippen LogP contribution in [0.5, 0.6) is 0 Å². The summed E-state index contributed by atoms with van der Waals surface area (Å²) in [6, 6.07) is 0. The van der Waals surface area contributed by atoms with Crippen LogP contribution in [-0.4, -0.2) is 74.9 Å². The summed E-state index contributed by atoms with van der Waals surface area (Å²) in [7, 11) is 2.07. The zero-order valence-corrected chi connectivity index (χ0v) is 13.0. The van der Waals surface area contributed by atoms with E-state index >= 15 is 0 Å². The zero-order chi connectivity index (χ0) is 13.7. The van der Waals surface area contributed by atoms with Gasteiger partial charge in [-0.15, -0.1) is 0 Å². The number of morpholine rings is 1. The van der Waals surface area contributed by atoms with Crippen molar-refractivity contribution in [2.24, 2.45) is 5.92 Å². The number of likely N-dealkylation sites (tertiary alicyclic amines) is 1. The number of nitrogens with zero attached hydrogens (tertiary/aromatic N) is 2. The molecule has 4 nitrogen and oxygen atoms in total. The molecular weight excluding hydrogens is 238 g/mol. The second-order valence-electron chi connectivity index (χ2n) is 6.67. The fraction of sp³-hybridized carbons (Fsp3) is 1.00. The van der Waals surface area contributed by atoms with Crippen molar-refractivity contribution in [3.05, 3.63) is 0 Å². The topological polar surface area (TPSA) is 27.7 Å². The fourth-order valence-electron chi connectivity index (χ4n) is 3.54. The molecule has 0 amide bonds. The van der Waals surface area contributed by atoms with Gasteiger partial charge in [0.15, 0.2) is 0 Å². The Labute approximate surface area is 118 Å². The van der Waals surface area contributed by atoms with Gasteiger partial charge < -0.3 is 10.1 Å². The quantitative estimate of drug-likeness (QED) is 0.807. The fourth-order valence-corrected chi connectivity index (χ4v) is 3.54. The Bertz CT molecular complexity index is 264. The Morgan fingerprint density at radius 1 is 1.16 bits per heavy atom. The first-order valence-electron chi connectivity index (χ1n) is 7.81. The molecule has 2 heterocycles. The maximum absolute atomic E-state index is 5.41. The van der Waals surface area contributed by atoms with Gasteiger partial charge in [0, 0.05) is 31.7 Å². The average molecular weight is 269 g/mol. The van der Waals surface area contributed by atoms with Crippen molar-refractivity contribution in [3.8, 4) is 0 Å². The van der Waals surface area contributed by atoms with E-state index in [9.17, 15) is 0 Å². The van der Waals surface area contributed by atoms with Gasteiger partial charge in [0.05, 0.1) is 13.2 Å². The summed E-state index contributed by atoms with van der Waals surface area (Å²) >= 11 is 0. The molecule has 0 saturated carbocycles. The van der Waals surface area contributed by atoms with E-state index in [1.807, 2.05) is 0 Å². The molecule has 0 aromatic heterocycles. The molecule has 0 radical (unpaired) electrons. The lowest BCUT2D eigenvalue weighted by molar-refractivity contribution is 0.00975. The summed E-state index contributed by atoms with van der Waals surface area (Å²) in [6.45, 7) is 13.7. The van der Waals surface area contributed by atoms with E-state index in [-0.39, 0.29) is 0 Å². The van der Waals surface area contributed by atoms with E-state index in [2.05, 4.69) is 36.0 Å². The number of nitrogens with one attached hydrogen (secondary N) is 1. The normalized spacial score (nSPS) is 29.5. The molecule has 0 aliphatic carbocycles. The Morgan fingerprint density at radius 2 is 1.89 bits per heavy atom. The van der Waals surface area contributed by atoms with Crippen molar-refractivity contribution in [1.29, 1.82) is 0 Å². The van der Waals surface area contributed by atoms with E-state index < -0.39 is 0 Å². The second-order valence-corrected chi connectivity index (χ2v) is 6.67. The summed E-state index contributed by atoms with van der Waals surface area (Å²) in [4.78, 5) is 5.23. The van der Waals surface area contributed by atoms with Crippen LogP contribution in [0.3, 0.4) is 0 Å². The third-order valence-corrected chi connectivity index (χ3v) is 4.73. The van der Waals surface area contributed by atoms with Crippen LogP contribution in [0.4, 0.5) is 0 Å². The van der Waals surface area contributed by atoms with E-state index in [1.165, 1.54) is 39.0 Å². The maximum Gasteiger partial charge on any atom is 0.0594 e. The predicted octanol–water partition coefficient (Wildman–Crippen LogP) is 1.03. The zero-order valence-electron chi connectivity index (χ0n) is 13.0. The summed E-state index contributed by atoms with van der Waals surface area (Å²) in [6.07, 6.45) is 2.66. The molecular formula is C15H31N3O. The molecule has 0 aromatic carbocycles. The maximum atomic E-state index is 5.41. The van der Waals surface area contributed by atoms with Crippen molar-refractivity contribution in [2.45, 2.75) is 32.2 Å². The van der Waals surface area contributed by atoms with Crippen molar-refractivity contribution < 1.29 is 4.74 Å². The van der Waals surface area contributed by atoms with Gasteiger partial charge in [-0.1, -0.05) is 0 Å². The Balaban J connectivity index is 1.76. The van der Waals surface area contributed by atoms with Crippen LogP contribution < -0.4 is 5.32 Å². The van der Waals surface area contributed by atoms with Crippen LogP contribution in [0.1, 0.15) is 26.7 Å². The van der Waals surface area contributed by atoms with Gasteiger partial charge in [-0.3, -0.25) is 9.80 Å². The van der Waals surface area contributed by atoms with Crippen LogP contribution in [0.25, 0.3) is 0 Å². The molecule has 112 valence electrons. The highest BCUT2D eigenvalue weighted by atomic mass is 16.5. The predicted molar refractivity (Wildman–Crippen MR) is 79.6 cm³/mol. The van der Waals surface area contributed by atoms with Crippen LogP contribution in [0.2, 0.25) is 0 Å². The number of hydrogen-bond acceptors (Lipinski definition) is 4. The molecule has 1 N–H and O–H groups in total. The summed E-state index contributed by atoms with van der Waals surface area (Å²) in [5.74, 6) is 0.847. The molecule has 0 bridgehead atoms. The first kappa shape index (κ1) is 15.2. The lowest BCUT2D eigenvalue weighted by Crippen LogP contribution is -2.53. The van der Waals surface area contributed by atoms with Gasteiger partial charge in [-0.25, -0.2) is 0 Å². The van der Waals surface area contributed by atoms with Gasteiger partial charge in [-0.05, 0) is 52.7 Å². The second kappa shape index (κ2) is 7.02. The Morgan fingerprint density at radius 3 is 2.53 bits per heavy atom. The van der Waals surface area contributed by atoms with Crippen LogP contribution in [0.15, 0.2) is 0 Å². The molecule has 2 aliphatic heterocycles. The average Bonchev–Trinajstić information content (AvgIpc) is 2.38. The van der Waals surface area contributed by atoms with Gasteiger partial charge in [0.1, 0.15) is 0 Å². The number of rotatable bonds is 5. The van der Waals surface area contributed by atoms with Gasteiger partial charge in [0.2, 0.25) is 0 Å². The lowest BCUT2D eigenvalue weighted by atomic mass is 9.82. The first-order valence-corrected chi connectivity index (χ1v) is 7.81. The molecule has 1 atom stereocenters. The standard InChI is InChI=1S/C15H31N3O/c1-15(2)12-14(13-16-3)4-5-18(15)7-6-17-8-10-19-11-9-17/h14,16H,4-13H2,1-3H3. The minimum atomic E-state index is 0.353. The highest BCUT2D eigenvalue weighted by Crippen LogP contribution is 2.30. The van der Waals surface area contributed by atoms with Crippen molar-refractivity contribution in [1.82, 2.24) is 15.1 Å². The molecule has 4 heteroatoms. The third-order valence-electron chi connectivity index (χ3n) is 4.73. The van der Waals surface area contributed by atoms with Crippen molar-refractivity contribution in [2.75, 3.05) is 59.5 Å². The first-order chi connectivity index (χ1) is 9.12. The molecule has 2 fully saturated rings. The third kappa shape index (κ3) is 4.42. The number of ether oxygens (including phenoxy) is 1. The molecule has 0 spiro atoms. The molecule has 19 heavy (non-hydrogen) atoms. The van der Waals surface area contributed by atoms with E-state index in [4.69, 9.17) is 4.74 Å². The summed E-state index contributed by atoms with van der Waals surface area (Å²) in [5, 5.41) is 3.33. The monoisotopic (exact) mass is 269 g/mol. The summed E-state index contributed by atoms with van der Waals surface area (Å²) in [5.41, 5.74) is 0.353. The minimum absolute atomic E-state index is 0.353. The van der Waals surface area contributed by atoms with Crippen molar-refractivity contribution >= 4 is 0 Å². The van der Waals surface area contributed by atoms with Crippen LogP contribution >= 0.6 is 0 Å². The van der Waals surface area contributed by atoms with E-state index in [0.29, 0.717) is 5.54 Å². The number of piperidine rings is 1. The van der Waals surface area contributed by atoms with E-state index in [0.717, 1.165) is 32.2 Å². The summed E-state index contributed by atoms with van der Waals surface area (Å²) < 4.78 is 5.41.